The average molecular weight is 325 g/mol. The molecule has 0 aliphatic heterocycles. The van der Waals surface area contributed by atoms with Gasteiger partial charge in [0.25, 0.3) is 0 Å². The van der Waals surface area contributed by atoms with Crippen LogP contribution in [0.3, 0.4) is 0 Å². The first-order chi connectivity index (χ1) is 9.81. The van der Waals surface area contributed by atoms with E-state index in [4.69, 9.17) is 18.0 Å². The molecule has 0 saturated heterocycles. The zero-order valence-electron chi connectivity index (χ0n) is 11.5. The Bertz CT molecular complexity index is 752. The molecule has 112 valence electrons. The van der Waals surface area contributed by atoms with Crippen LogP contribution in [0.25, 0.3) is 0 Å². The van der Waals surface area contributed by atoms with Crippen molar-refractivity contribution in [2.75, 3.05) is 0 Å². The molecule has 0 radical (unpaired) electrons. The van der Waals surface area contributed by atoms with Gasteiger partial charge in [-0.25, -0.2) is 13.1 Å². The molecule has 0 aliphatic rings. The van der Waals surface area contributed by atoms with Crippen LogP contribution in [-0.4, -0.2) is 28.2 Å². The monoisotopic (exact) mass is 325 g/mol. The van der Waals surface area contributed by atoms with Crippen molar-refractivity contribution in [3.05, 3.63) is 42.0 Å². The van der Waals surface area contributed by atoms with Crippen molar-refractivity contribution >= 4 is 27.2 Å². The van der Waals surface area contributed by atoms with E-state index in [2.05, 4.69) is 14.9 Å². The number of aromatic nitrogens is 3. The van der Waals surface area contributed by atoms with E-state index in [0.717, 1.165) is 0 Å². The summed E-state index contributed by atoms with van der Waals surface area (Å²) in [7, 11) is -1.91. The number of nitrogens with two attached hydrogens (primary N) is 1. The summed E-state index contributed by atoms with van der Waals surface area (Å²) >= 11 is 4.83. The normalized spacial score (nSPS) is 13.0. The molecule has 1 heterocycles. The zero-order valence-corrected chi connectivity index (χ0v) is 13.1. The molecule has 0 fully saturated rings. The van der Waals surface area contributed by atoms with E-state index in [0.29, 0.717) is 11.4 Å². The number of benzene rings is 1. The van der Waals surface area contributed by atoms with Gasteiger partial charge in [0.1, 0.15) is 17.1 Å². The van der Waals surface area contributed by atoms with Crippen molar-refractivity contribution in [1.82, 2.24) is 19.5 Å². The smallest absolute Gasteiger partial charge is 0.241 e. The Kier molecular flexibility index (Phi) is 4.35. The fourth-order valence-corrected chi connectivity index (χ4v) is 3.17. The molecule has 1 aromatic heterocycles. The number of nitrogens with one attached hydrogen (secondary N) is 1. The summed E-state index contributed by atoms with van der Waals surface area (Å²) in [4.78, 5) is 0.357. The van der Waals surface area contributed by atoms with Crippen LogP contribution in [0.2, 0.25) is 0 Å². The number of sulfonamides is 1. The molecule has 2 aromatic rings. The molecule has 0 aliphatic carbocycles. The molecule has 0 saturated carbocycles. The summed E-state index contributed by atoms with van der Waals surface area (Å²) in [5.41, 5.74) is 6.10. The van der Waals surface area contributed by atoms with E-state index in [-0.39, 0.29) is 9.88 Å². The lowest BCUT2D eigenvalue weighted by Crippen LogP contribution is -2.28. The first kappa shape index (κ1) is 15.5. The van der Waals surface area contributed by atoms with Gasteiger partial charge in [-0.05, 0) is 19.1 Å². The highest BCUT2D eigenvalue weighted by atomic mass is 32.2. The number of nitrogens with zero attached hydrogens (tertiary/aromatic N) is 3. The van der Waals surface area contributed by atoms with Crippen molar-refractivity contribution < 1.29 is 8.42 Å². The molecule has 9 heteroatoms. The number of aryl methyl sites for hydroxylation is 1. The van der Waals surface area contributed by atoms with Crippen molar-refractivity contribution in [3.8, 4) is 0 Å². The molecule has 1 atom stereocenters. The summed E-state index contributed by atoms with van der Waals surface area (Å²) in [6.45, 7) is 1.70. The van der Waals surface area contributed by atoms with E-state index in [9.17, 15) is 8.42 Å². The lowest BCUT2D eigenvalue weighted by molar-refractivity contribution is 0.553. The second-order valence-corrected chi connectivity index (χ2v) is 6.69. The van der Waals surface area contributed by atoms with Crippen LogP contribution < -0.4 is 10.5 Å². The standard InChI is InChI=1S/C12H15N5O2S2/c1-8(12-15-14-7-17(12)2)16-21(18,19)10-5-3-9(4-6-10)11(13)20/h3-8,16H,1-2H3,(H2,13,20). The molecular weight excluding hydrogens is 310 g/mol. The molecule has 0 amide bonds. The Morgan fingerprint density at radius 3 is 2.48 bits per heavy atom. The molecule has 1 unspecified atom stereocenters. The van der Waals surface area contributed by atoms with E-state index in [1.165, 1.54) is 18.5 Å². The van der Waals surface area contributed by atoms with Crippen LogP contribution in [0.1, 0.15) is 24.4 Å². The van der Waals surface area contributed by atoms with Crippen LogP contribution in [0.4, 0.5) is 0 Å². The van der Waals surface area contributed by atoms with Crippen molar-refractivity contribution in [1.29, 1.82) is 0 Å². The largest absolute Gasteiger partial charge is 0.389 e. The summed E-state index contributed by atoms with van der Waals surface area (Å²) in [6, 6.07) is 5.56. The van der Waals surface area contributed by atoms with Crippen molar-refractivity contribution in [3.63, 3.8) is 0 Å². The predicted octanol–water partition coefficient (Wildman–Crippen LogP) is 0.489. The van der Waals surface area contributed by atoms with Gasteiger partial charge in [-0.1, -0.05) is 24.4 Å². The molecule has 1 aromatic carbocycles. The third-order valence-electron chi connectivity index (χ3n) is 2.91. The fraction of sp³-hybridized carbons (Fsp3) is 0.250. The van der Waals surface area contributed by atoms with Crippen LogP contribution in [0, 0.1) is 0 Å². The SMILES string of the molecule is CC(NS(=O)(=O)c1ccc(C(N)=S)cc1)c1nncn1C. The summed E-state index contributed by atoms with van der Waals surface area (Å²) in [5.74, 6) is 0.526. The Labute approximate surface area is 128 Å². The van der Waals surface area contributed by atoms with E-state index in [1.54, 1.807) is 30.7 Å². The summed E-state index contributed by atoms with van der Waals surface area (Å²) in [6.07, 6.45) is 1.51. The molecule has 0 bridgehead atoms. The third kappa shape index (κ3) is 3.43. The van der Waals surface area contributed by atoms with Crippen molar-refractivity contribution in [2.45, 2.75) is 17.9 Å². The number of thiocarbonyl (C=S) groups is 1. The Morgan fingerprint density at radius 1 is 1.38 bits per heavy atom. The van der Waals surface area contributed by atoms with Gasteiger partial charge in [-0.15, -0.1) is 10.2 Å². The zero-order chi connectivity index (χ0) is 15.6. The molecule has 21 heavy (non-hydrogen) atoms. The minimum atomic E-state index is -3.66. The molecule has 0 spiro atoms. The van der Waals surface area contributed by atoms with Gasteiger partial charge in [-0.2, -0.15) is 0 Å². The second-order valence-electron chi connectivity index (χ2n) is 4.53. The fourth-order valence-electron chi connectivity index (χ4n) is 1.84. The first-order valence-corrected chi connectivity index (χ1v) is 7.96. The summed E-state index contributed by atoms with van der Waals surface area (Å²) in [5, 5.41) is 7.61. The maximum absolute atomic E-state index is 12.3. The van der Waals surface area contributed by atoms with Gasteiger partial charge >= 0.3 is 0 Å². The molecule has 7 nitrogen and oxygen atoms in total. The van der Waals surface area contributed by atoms with E-state index in [1.807, 2.05) is 0 Å². The number of hydrogen-bond acceptors (Lipinski definition) is 5. The van der Waals surface area contributed by atoms with Crippen LogP contribution >= 0.6 is 12.2 Å². The van der Waals surface area contributed by atoms with Gasteiger partial charge < -0.3 is 10.3 Å². The highest BCUT2D eigenvalue weighted by Crippen LogP contribution is 2.15. The van der Waals surface area contributed by atoms with Crippen LogP contribution in [0.15, 0.2) is 35.5 Å². The van der Waals surface area contributed by atoms with Gasteiger partial charge in [0.2, 0.25) is 10.0 Å². The quantitative estimate of drug-likeness (QED) is 0.776. The van der Waals surface area contributed by atoms with Gasteiger partial charge in [0.05, 0.1) is 10.9 Å². The third-order valence-corrected chi connectivity index (χ3v) is 4.71. The minimum absolute atomic E-state index is 0.136. The van der Waals surface area contributed by atoms with Gasteiger partial charge in [0.15, 0.2) is 0 Å². The van der Waals surface area contributed by atoms with Gasteiger partial charge in [-0.3, -0.25) is 0 Å². The van der Waals surface area contributed by atoms with E-state index < -0.39 is 16.1 Å². The van der Waals surface area contributed by atoms with E-state index >= 15 is 0 Å². The van der Waals surface area contributed by atoms with Crippen LogP contribution in [-0.2, 0) is 17.1 Å². The van der Waals surface area contributed by atoms with Crippen LogP contribution in [0.5, 0.6) is 0 Å². The Balaban J connectivity index is 2.22. The van der Waals surface area contributed by atoms with Crippen molar-refractivity contribution in [2.24, 2.45) is 12.8 Å². The highest BCUT2D eigenvalue weighted by Gasteiger charge is 2.21. The predicted molar refractivity (Wildman–Crippen MR) is 82.1 cm³/mol. The number of hydrogen-bond donors (Lipinski definition) is 2. The first-order valence-electron chi connectivity index (χ1n) is 6.07. The lowest BCUT2D eigenvalue weighted by Gasteiger charge is -2.13. The topological polar surface area (TPSA) is 103 Å². The highest BCUT2D eigenvalue weighted by molar-refractivity contribution is 7.89. The Morgan fingerprint density at radius 2 is 2.00 bits per heavy atom. The second kappa shape index (κ2) is 5.88. The maximum Gasteiger partial charge on any atom is 0.241 e. The average Bonchev–Trinajstić information content (AvgIpc) is 2.84. The van der Waals surface area contributed by atoms with Gasteiger partial charge in [0, 0.05) is 12.6 Å². The maximum atomic E-state index is 12.3. The number of rotatable bonds is 5. The Hall–Kier alpha value is -1.84. The molecule has 3 N–H and O–H groups in total. The molecule has 2 rings (SSSR count). The molecular formula is C12H15N5O2S2. The minimum Gasteiger partial charge on any atom is -0.389 e. The lowest BCUT2D eigenvalue weighted by atomic mass is 10.2. The summed E-state index contributed by atoms with van der Waals surface area (Å²) < 4.78 is 28.8.